The molecule has 126 valence electrons. The van der Waals surface area contributed by atoms with Crippen LogP contribution in [0, 0.1) is 6.92 Å². The van der Waals surface area contributed by atoms with Crippen molar-refractivity contribution in [2.45, 2.75) is 26.9 Å². The fourth-order valence-electron chi connectivity index (χ4n) is 2.05. The normalized spacial score (nSPS) is 12.0. The van der Waals surface area contributed by atoms with Gasteiger partial charge in [-0.25, -0.2) is 0 Å². The van der Waals surface area contributed by atoms with Crippen LogP contribution in [0.1, 0.15) is 25.0 Å². The van der Waals surface area contributed by atoms with E-state index in [1.165, 1.54) is 0 Å². The van der Waals surface area contributed by atoms with Crippen LogP contribution in [0.15, 0.2) is 53.7 Å². The number of para-hydroxylation sites is 2. The van der Waals surface area contributed by atoms with Crippen molar-refractivity contribution in [3.63, 3.8) is 0 Å². The minimum absolute atomic E-state index is 0.250. The van der Waals surface area contributed by atoms with Crippen LogP contribution < -0.4 is 10.1 Å². The molecule has 0 aliphatic rings. The van der Waals surface area contributed by atoms with Gasteiger partial charge in [-0.05, 0) is 44.5 Å². The maximum Gasteiger partial charge on any atom is 0.267 e. The molecular formula is C19H22N2O3. The zero-order valence-electron chi connectivity index (χ0n) is 14.2. The molecule has 5 nitrogen and oxygen atoms in total. The van der Waals surface area contributed by atoms with Gasteiger partial charge in [-0.1, -0.05) is 35.5 Å². The smallest absolute Gasteiger partial charge is 0.267 e. The fourth-order valence-corrected chi connectivity index (χ4v) is 2.05. The first-order valence-corrected chi connectivity index (χ1v) is 7.89. The number of hydrogen-bond donors (Lipinski definition) is 1. The van der Waals surface area contributed by atoms with Crippen LogP contribution in [-0.2, 0) is 9.63 Å². The van der Waals surface area contributed by atoms with E-state index in [9.17, 15) is 4.79 Å². The van der Waals surface area contributed by atoms with E-state index in [1.807, 2.05) is 62.4 Å². The second-order valence-electron chi connectivity index (χ2n) is 5.26. The summed E-state index contributed by atoms with van der Waals surface area (Å²) < 4.78 is 5.51. The average molecular weight is 326 g/mol. The van der Waals surface area contributed by atoms with Gasteiger partial charge in [-0.15, -0.1) is 0 Å². The number of nitrogens with one attached hydrogen (secondary N) is 1. The maximum absolute atomic E-state index is 12.1. The zero-order chi connectivity index (χ0) is 17.4. The Kier molecular flexibility index (Phi) is 6.37. The fraction of sp³-hybridized carbons (Fsp3) is 0.263. The Morgan fingerprint density at radius 3 is 2.67 bits per heavy atom. The molecule has 2 rings (SSSR count). The van der Waals surface area contributed by atoms with E-state index in [0.29, 0.717) is 6.61 Å². The molecule has 0 bridgehead atoms. The van der Waals surface area contributed by atoms with E-state index in [-0.39, 0.29) is 5.91 Å². The molecule has 0 radical (unpaired) electrons. The van der Waals surface area contributed by atoms with Gasteiger partial charge in [0.05, 0.1) is 12.8 Å². The van der Waals surface area contributed by atoms with E-state index in [2.05, 4.69) is 10.5 Å². The number of anilines is 1. The Hall–Kier alpha value is -2.82. The average Bonchev–Trinajstić information content (AvgIpc) is 2.58. The zero-order valence-corrected chi connectivity index (χ0v) is 14.2. The molecule has 0 saturated carbocycles. The molecule has 1 N–H and O–H groups in total. The number of oxime groups is 1. The highest BCUT2D eigenvalue weighted by atomic mass is 16.6. The van der Waals surface area contributed by atoms with Crippen molar-refractivity contribution in [1.29, 1.82) is 0 Å². The van der Waals surface area contributed by atoms with Crippen LogP contribution in [0.3, 0.4) is 0 Å². The van der Waals surface area contributed by atoms with Gasteiger partial charge in [0.2, 0.25) is 6.10 Å². The summed E-state index contributed by atoms with van der Waals surface area (Å²) in [4.78, 5) is 17.4. The summed E-state index contributed by atoms with van der Waals surface area (Å²) in [6, 6.07) is 15.1. The highest BCUT2D eigenvalue weighted by molar-refractivity contribution is 5.94. The van der Waals surface area contributed by atoms with Gasteiger partial charge in [0.1, 0.15) is 5.75 Å². The van der Waals surface area contributed by atoms with E-state index >= 15 is 0 Å². The Morgan fingerprint density at radius 1 is 1.21 bits per heavy atom. The second kappa shape index (κ2) is 8.72. The third-order valence-corrected chi connectivity index (χ3v) is 3.40. The predicted molar refractivity (Wildman–Crippen MR) is 95.6 cm³/mol. The summed E-state index contributed by atoms with van der Waals surface area (Å²) in [7, 11) is 0. The first kappa shape index (κ1) is 17.5. The van der Waals surface area contributed by atoms with E-state index in [0.717, 1.165) is 22.6 Å². The molecule has 1 unspecified atom stereocenters. The van der Waals surface area contributed by atoms with Crippen molar-refractivity contribution in [2.24, 2.45) is 5.16 Å². The van der Waals surface area contributed by atoms with Crippen molar-refractivity contribution in [3.05, 3.63) is 59.7 Å². The third-order valence-electron chi connectivity index (χ3n) is 3.40. The minimum atomic E-state index is -0.708. The highest BCUT2D eigenvalue weighted by Gasteiger charge is 2.14. The lowest BCUT2D eigenvalue weighted by molar-refractivity contribution is -0.126. The first-order valence-electron chi connectivity index (χ1n) is 7.89. The molecule has 24 heavy (non-hydrogen) atoms. The predicted octanol–water partition coefficient (Wildman–Crippen LogP) is 3.77. The van der Waals surface area contributed by atoms with Crippen molar-refractivity contribution >= 4 is 17.8 Å². The van der Waals surface area contributed by atoms with Crippen molar-refractivity contribution in [1.82, 2.24) is 0 Å². The second-order valence-corrected chi connectivity index (χ2v) is 5.26. The lowest BCUT2D eigenvalue weighted by Crippen LogP contribution is -2.26. The number of amides is 1. The van der Waals surface area contributed by atoms with Crippen molar-refractivity contribution < 1.29 is 14.4 Å². The number of carbonyl (C=O) groups excluding carboxylic acids is 1. The summed E-state index contributed by atoms with van der Waals surface area (Å²) >= 11 is 0. The van der Waals surface area contributed by atoms with Crippen LogP contribution >= 0.6 is 0 Å². The van der Waals surface area contributed by atoms with Gasteiger partial charge in [0.25, 0.3) is 5.91 Å². The Bertz CT molecular complexity index is 713. The number of ether oxygens (including phenoxy) is 1. The number of rotatable bonds is 7. The molecule has 1 atom stereocenters. The van der Waals surface area contributed by atoms with E-state index < -0.39 is 6.10 Å². The van der Waals surface area contributed by atoms with Crippen LogP contribution in [-0.4, -0.2) is 24.8 Å². The van der Waals surface area contributed by atoms with Gasteiger partial charge in [0, 0.05) is 11.3 Å². The summed E-state index contributed by atoms with van der Waals surface area (Å²) in [5.74, 6) is 0.476. The molecule has 0 aliphatic carbocycles. The number of carbonyl (C=O) groups is 1. The number of hydrogen-bond acceptors (Lipinski definition) is 4. The molecule has 0 aliphatic heterocycles. The largest absolute Gasteiger partial charge is 0.493 e. The standard InChI is InChI=1S/C19H22N2O3/c1-4-23-18-12-8-6-10-16(18)13-20-24-15(3)19(22)21-17-11-7-5-9-14(17)2/h5-13,15H,4H2,1-3H3,(H,21,22)/b20-13+. The highest BCUT2D eigenvalue weighted by Crippen LogP contribution is 2.16. The Labute approximate surface area is 142 Å². The number of benzene rings is 2. The molecule has 5 heteroatoms. The maximum atomic E-state index is 12.1. The van der Waals surface area contributed by atoms with Crippen molar-refractivity contribution in [2.75, 3.05) is 11.9 Å². The molecular weight excluding hydrogens is 304 g/mol. The quantitative estimate of drug-likeness (QED) is 0.622. The Balaban J connectivity index is 1.94. The van der Waals surface area contributed by atoms with Crippen LogP contribution in [0.4, 0.5) is 5.69 Å². The van der Waals surface area contributed by atoms with Crippen LogP contribution in [0.5, 0.6) is 5.75 Å². The molecule has 0 saturated heterocycles. The first-order chi connectivity index (χ1) is 11.6. The van der Waals surface area contributed by atoms with Gasteiger partial charge < -0.3 is 14.9 Å². The van der Waals surface area contributed by atoms with Gasteiger partial charge in [-0.3, -0.25) is 4.79 Å². The third kappa shape index (κ3) is 4.84. The van der Waals surface area contributed by atoms with E-state index in [4.69, 9.17) is 9.57 Å². The minimum Gasteiger partial charge on any atom is -0.493 e. The molecule has 2 aromatic rings. The SMILES string of the molecule is CCOc1ccccc1/C=N/OC(C)C(=O)Nc1ccccc1C. The topological polar surface area (TPSA) is 59.9 Å². The molecule has 0 aromatic heterocycles. The van der Waals surface area contributed by atoms with Crippen LogP contribution in [0.2, 0.25) is 0 Å². The van der Waals surface area contributed by atoms with Gasteiger partial charge in [0.15, 0.2) is 0 Å². The molecule has 0 heterocycles. The summed E-state index contributed by atoms with van der Waals surface area (Å²) in [5.41, 5.74) is 2.56. The van der Waals surface area contributed by atoms with Gasteiger partial charge in [-0.2, -0.15) is 0 Å². The summed E-state index contributed by atoms with van der Waals surface area (Å²) in [5, 5.41) is 6.73. The number of aryl methyl sites for hydroxylation is 1. The lowest BCUT2D eigenvalue weighted by Gasteiger charge is -2.12. The summed E-state index contributed by atoms with van der Waals surface area (Å²) in [6.45, 7) is 6.08. The lowest BCUT2D eigenvalue weighted by atomic mass is 10.2. The Morgan fingerprint density at radius 2 is 1.92 bits per heavy atom. The molecule has 1 amide bonds. The summed E-state index contributed by atoms with van der Waals surface area (Å²) in [6.07, 6.45) is 0.836. The van der Waals surface area contributed by atoms with Crippen molar-refractivity contribution in [3.8, 4) is 5.75 Å². The molecule has 0 spiro atoms. The van der Waals surface area contributed by atoms with Gasteiger partial charge >= 0.3 is 0 Å². The molecule has 2 aromatic carbocycles. The number of nitrogens with zero attached hydrogens (tertiary/aromatic N) is 1. The monoisotopic (exact) mass is 326 g/mol. The molecule has 0 fully saturated rings. The van der Waals surface area contributed by atoms with E-state index in [1.54, 1.807) is 13.1 Å². The van der Waals surface area contributed by atoms with Crippen LogP contribution in [0.25, 0.3) is 0 Å².